The molecule has 0 aliphatic heterocycles. The van der Waals surface area contributed by atoms with Gasteiger partial charge in [-0.3, -0.25) is 0 Å². The molecule has 2 unspecified atom stereocenters. The van der Waals surface area contributed by atoms with E-state index in [1.165, 1.54) is 23.8 Å². The Hall–Kier alpha value is -1.50. The van der Waals surface area contributed by atoms with Gasteiger partial charge in [0.1, 0.15) is 18.5 Å². The third kappa shape index (κ3) is 4.50. The molecule has 1 fully saturated rings. The quantitative estimate of drug-likeness (QED) is 0.773. The summed E-state index contributed by atoms with van der Waals surface area (Å²) < 4.78 is 31.2. The molecule has 1 aromatic heterocycles. The summed E-state index contributed by atoms with van der Waals surface area (Å²) in [4.78, 5) is 1.28. The van der Waals surface area contributed by atoms with Crippen molar-refractivity contribution >= 4 is 11.3 Å². The number of ether oxygens (including phenoxy) is 1. The van der Waals surface area contributed by atoms with Crippen LogP contribution in [0.3, 0.4) is 0 Å². The average Bonchev–Trinajstić information content (AvgIpc) is 3.23. The molecule has 2 N–H and O–H groups in total. The lowest BCUT2D eigenvalue weighted by molar-refractivity contribution is 0.102. The smallest absolute Gasteiger partial charge is 0.162 e. The molecule has 1 aliphatic rings. The van der Waals surface area contributed by atoms with Crippen molar-refractivity contribution in [1.29, 1.82) is 0 Å². The number of aliphatic hydroxyl groups excluding tert-OH is 1. The average molecular weight is 339 g/mol. The van der Waals surface area contributed by atoms with Gasteiger partial charge < -0.3 is 15.2 Å². The number of hydrogen-bond acceptors (Lipinski definition) is 4. The van der Waals surface area contributed by atoms with Gasteiger partial charge in [-0.1, -0.05) is 6.07 Å². The Morgan fingerprint density at radius 3 is 2.74 bits per heavy atom. The minimum Gasteiger partial charge on any atom is -0.491 e. The van der Waals surface area contributed by atoms with Gasteiger partial charge in [-0.15, -0.1) is 11.3 Å². The molecular weight excluding hydrogens is 320 g/mol. The van der Waals surface area contributed by atoms with Crippen LogP contribution < -0.4 is 10.1 Å². The fraction of sp³-hybridized carbons (Fsp3) is 0.412. The molecule has 0 spiro atoms. The van der Waals surface area contributed by atoms with Gasteiger partial charge in [-0.05, 0) is 42.3 Å². The van der Waals surface area contributed by atoms with E-state index in [0.717, 1.165) is 12.1 Å². The first kappa shape index (κ1) is 16.4. The van der Waals surface area contributed by atoms with Crippen molar-refractivity contribution in [2.24, 2.45) is 5.92 Å². The molecule has 3 nitrogen and oxygen atoms in total. The van der Waals surface area contributed by atoms with E-state index in [1.54, 1.807) is 11.3 Å². The van der Waals surface area contributed by atoms with Crippen molar-refractivity contribution in [3.63, 3.8) is 0 Å². The second kappa shape index (κ2) is 7.38. The Labute approximate surface area is 137 Å². The van der Waals surface area contributed by atoms with E-state index in [-0.39, 0.29) is 18.4 Å². The normalized spacial score (nSPS) is 17.0. The Morgan fingerprint density at radius 2 is 2.09 bits per heavy atom. The van der Waals surface area contributed by atoms with E-state index < -0.39 is 17.7 Å². The standard InChI is InChI=1S/C17H19F2NO2S/c18-14-6-5-13(8-15(14)19)22-10-12(21)9-20-17(11-3-4-11)16-2-1-7-23-16/h1-2,5-8,11-12,17,20-21H,3-4,9-10H2. The Morgan fingerprint density at radius 1 is 1.26 bits per heavy atom. The van der Waals surface area contributed by atoms with Gasteiger partial charge in [0.2, 0.25) is 0 Å². The predicted octanol–water partition coefficient (Wildman–Crippen LogP) is 3.51. The van der Waals surface area contributed by atoms with Crippen molar-refractivity contribution in [2.45, 2.75) is 25.0 Å². The van der Waals surface area contributed by atoms with Crippen molar-refractivity contribution < 1.29 is 18.6 Å². The summed E-state index contributed by atoms with van der Waals surface area (Å²) in [5.41, 5.74) is 0. The first-order valence-corrected chi connectivity index (χ1v) is 8.54. The number of aliphatic hydroxyl groups is 1. The van der Waals surface area contributed by atoms with Gasteiger partial charge in [0, 0.05) is 23.5 Å². The molecule has 0 bridgehead atoms. The highest BCUT2D eigenvalue weighted by Gasteiger charge is 2.32. The first-order chi connectivity index (χ1) is 11.1. The highest BCUT2D eigenvalue weighted by molar-refractivity contribution is 7.10. The van der Waals surface area contributed by atoms with Crippen molar-refractivity contribution in [2.75, 3.05) is 13.2 Å². The molecule has 2 atom stereocenters. The molecule has 0 radical (unpaired) electrons. The molecule has 0 amide bonds. The second-order valence-electron chi connectivity index (χ2n) is 5.78. The van der Waals surface area contributed by atoms with Crippen molar-refractivity contribution in [3.05, 3.63) is 52.2 Å². The fourth-order valence-electron chi connectivity index (χ4n) is 2.48. The fourth-order valence-corrected chi connectivity index (χ4v) is 3.37. The summed E-state index contributed by atoms with van der Waals surface area (Å²) in [6, 6.07) is 7.73. The molecule has 1 aromatic carbocycles. The molecule has 124 valence electrons. The van der Waals surface area contributed by atoms with E-state index in [0.29, 0.717) is 12.5 Å². The summed E-state index contributed by atoms with van der Waals surface area (Å²) in [5.74, 6) is -1.03. The minimum absolute atomic E-state index is 0.0277. The van der Waals surface area contributed by atoms with Crippen LogP contribution in [0.15, 0.2) is 35.7 Å². The monoisotopic (exact) mass is 339 g/mol. The van der Waals surface area contributed by atoms with Crippen LogP contribution in [0.4, 0.5) is 8.78 Å². The van der Waals surface area contributed by atoms with Crippen molar-refractivity contribution in [1.82, 2.24) is 5.32 Å². The zero-order chi connectivity index (χ0) is 16.2. The SMILES string of the molecule is OC(CNC(c1cccs1)C1CC1)COc1ccc(F)c(F)c1. The van der Waals surface area contributed by atoms with Gasteiger partial charge in [0.05, 0.1) is 0 Å². The minimum atomic E-state index is -0.957. The molecule has 2 aromatic rings. The zero-order valence-electron chi connectivity index (χ0n) is 12.5. The summed E-state index contributed by atoms with van der Waals surface area (Å²) >= 11 is 1.71. The molecule has 1 aliphatic carbocycles. The maximum Gasteiger partial charge on any atom is 0.162 e. The van der Waals surface area contributed by atoms with E-state index in [4.69, 9.17) is 4.74 Å². The van der Waals surface area contributed by atoms with Gasteiger partial charge in [-0.2, -0.15) is 0 Å². The van der Waals surface area contributed by atoms with Gasteiger partial charge in [0.15, 0.2) is 11.6 Å². The third-order valence-corrected chi connectivity index (χ3v) is 4.81. The number of benzene rings is 1. The van der Waals surface area contributed by atoms with Crippen molar-refractivity contribution in [3.8, 4) is 5.75 Å². The molecule has 6 heteroatoms. The van der Waals surface area contributed by atoms with Crippen LogP contribution in [0.5, 0.6) is 5.75 Å². The van der Waals surface area contributed by atoms with E-state index in [2.05, 4.69) is 16.8 Å². The summed E-state index contributed by atoms with van der Waals surface area (Å²) in [6.45, 7) is 0.419. The molecule has 0 saturated heterocycles. The lowest BCUT2D eigenvalue weighted by atomic mass is 10.1. The zero-order valence-corrected chi connectivity index (χ0v) is 13.4. The van der Waals surface area contributed by atoms with Gasteiger partial charge >= 0.3 is 0 Å². The summed E-state index contributed by atoms with van der Waals surface area (Å²) in [5, 5.41) is 15.5. The largest absolute Gasteiger partial charge is 0.491 e. The molecule has 1 saturated carbocycles. The number of halogens is 2. The summed E-state index contributed by atoms with van der Waals surface area (Å²) in [7, 11) is 0. The maximum atomic E-state index is 13.1. The van der Waals surface area contributed by atoms with Crippen LogP contribution in [-0.4, -0.2) is 24.4 Å². The summed E-state index contributed by atoms with van der Waals surface area (Å²) in [6.07, 6.45) is 1.69. The van der Waals surface area contributed by atoms with E-state index >= 15 is 0 Å². The molecule has 1 heterocycles. The maximum absolute atomic E-state index is 13.1. The topological polar surface area (TPSA) is 41.5 Å². The second-order valence-corrected chi connectivity index (χ2v) is 6.76. The Kier molecular flexibility index (Phi) is 5.25. The molecule has 23 heavy (non-hydrogen) atoms. The van der Waals surface area contributed by atoms with Crippen LogP contribution in [0.1, 0.15) is 23.8 Å². The van der Waals surface area contributed by atoms with Crippen LogP contribution in [0.2, 0.25) is 0 Å². The predicted molar refractivity (Wildman–Crippen MR) is 85.6 cm³/mol. The Balaban J connectivity index is 1.47. The van der Waals surface area contributed by atoms with Crippen LogP contribution in [-0.2, 0) is 0 Å². The molecular formula is C17H19F2NO2S. The van der Waals surface area contributed by atoms with Crippen LogP contribution in [0.25, 0.3) is 0 Å². The number of thiophene rings is 1. The number of hydrogen-bond donors (Lipinski definition) is 2. The lowest BCUT2D eigenvalue weighted by Gasteiger charge is -2.20. The Bertz CT molecular complexity index is 632. The highest BCUT2D eigenvalue weighted by atomic mass is 32.1. The van der Waals surface area contributed by atoms with Crippen LogP contribution in [0, 0.1) is 17.6 Å². The van der Waals surface area contributed by atoms with Gasteiger partial charge in [-0.25, -0.2) is 8.78 Å². The number of nitrogens with one attached hydrogen (secondary N) is 1. The highest BCUT2D eigenvalue weighted by Crippen LogP contribution is 2.42. The van der Waals surface area contributed by atoms with E-state index in [1.807, 2.05) is 6.07 Å². The lowest BCUT2D eigenvalue weighted by Crippen LogP contribution is -2.34. The first-order valence-electron chi connectivity index (χ1n) is 7.66. The van der Waals surface area contributed by atoms with E-state index in [9.17, 15) is 13.9 Å². The third-order valence-electron chi connectivity index (χ3n) is 3.85. The molecule has 3 rings (SSSR count). The van der Waals surface area contributed by atoms with Gasteiger partial charge in [0.25, 0.3) is 0 Å². The van der Waals surface area contributed by atoms with Crippen LogP contribution >= 0.6 is 11.3 Å². The number of rotatable bonds is 8.